The minimum Gasteiger partial charge on any atom is -0.496 e. The summed E-state index contributed by atoms with van der Waals surface area (Å²) in [5, 5.41) is 3.92. The molecule has 0 atom stereocenters. The van der Waals surface area contributed by atoms with Crippen molar-refractivity contribution < 1.29 is 13.2 Å². The van der Waals surface area contributed by atoms with E-state index >= 15 is 0 Å². The monoisotopic (exact) mass is 323 g/mol. The summed E-state index contributed by atoms with van der Waals surface area (Å²) in [7, 11) is 1.35. The molecule has 6 nitrogen and oxygen atoms in total. The van der Waals surface area contributed by atoms with Gasteiger partial charge in [0, 0.05) is 26.8 Å². The van der Waals surface area contributed by atoms with Gasteiger partial charge in [-0.3, -0.25) is 4.68 Å². The van der Waals surface area contributed by atoms with Crippen LogP contribution >= 0.6 is 0 Å². The van der Waals surface area contributed by atoms with Crippen molar-refractivity contribution in [1.82, 2.24) is 14.1 Å². The third-order valence-corrected chi connectivity index (χ3v) is 5.28. The summed E-state index contributed by atoms with van der Waals surface area (Å²) in [4.78, 5) is 0.194. The first-order valence-corrected chi connectivity index (χ1v) is 8.29. The molecule has 0 aliphatic rings. The van der Waals surface area contributed by atoms with Crippen molar-refractivity contribution in [1.29, 1.82) is 0 Å². The molecular formula is C15H21N3O3S. The molecule has 7 heteroatoms. The molecule has 0 bridgehead atoms. The Morgan fingerprint density at radius 3 is 2.32 bits per heavy atom. The highest BCUT2D eigenvalue weighted by atomic mass is 32.2. The van der Waals surface area contributed by atoms with Crippen molar-refractivity contribution in [2.45, 2.75) is 25.3 Å². The van der Waals surface area contributed by atoms with Crippen LogP contribution in [0, 0.1) is 13.8 Å². The van der Waals surface area contributed by atoms with Gasteiger partial charge in [-0.1, -0.05) is 12.1 Å². The van der Waals surface area contributed by atoms with Crippen LogP contribution in [0.1, 0.15) is 16.7 Å². The van der Waals surface area contributed by atoms with E-state index in [0.29, 0.717) is 6.54 Å². The summed E-state index contributed by atoms with van der Waals surface area (Å²) in [5.41, 5.74) is 2.90. The van der Waals surface area contributed by atoms with E-state index in [9.17, 15) is 8.42 Å². The molecule has 0 saturated heterocycles. The third kappa shape index (κ3) is 3.15. The average molecular weight is 323 g/mol. The highest BCUT2D eigenvalue weighted by molar-refractivity contribution is 7.89. The van der Waals surface area contributed by atoms with E-state index < -0.39 is 10.0 Å². The number of rotatable bonds is 5. The standard InChI is InChI=1S/C15H21N3O3S/c1-11-6-13(7-12(2)15(11)21-5)9-18(4)22(19,20)14-8-16-17(3)10-14/h6-8,10H,9H2,1-5H3. The highest BCUT2D eigenvalue weighted by Gasteiger charge is 2.22. The van der Waals surface area contributed by atoms with Gasteiger partial charge in [0.2, 0.25) is 10.0 Å². The Labute approximate surface area is 131 Å². The number of hydrogen-bond donors (Lipinski definition) is 0. The first-order chi connectivity index (χ1) is 10.3. The van der Waals surface area contributed by atoms with Crippen molar-refractivity contribution in [3.63, 3.8) is 0 Å². The quantitative estimate of drug-likeness (QED) is 0.842. The molecule has 22 heavy (non-hydrogen) atoms. The van der Waals surface area contributed by atoms with Gasteiger partial charge in [-0.05, 0) is 30.5 Å². The average Bonchev–Trinajstić information content (AvgIpc) is 2.85. The van der Waals surface area contributed by atoms with Crippen molar-refractivity contribution in [2.75, 3.05) is 14.2 Å². The third-order valence-electron chi connectivity index (χ3n) is 3.52. The molecule has 0 unspecified atom stereocenters. The van der Waals surface area contributed by atoms with Gasteiger partial charge in [0.15, 0.2) is 0 Å². The van der Waals surface area contributed by atoms with Crippen molar-refractivity contribution >= 4 is 10.0 Å². The number of ether oxygens (including phenoxy) is 1. The maximum Gasteiger partial charge on any atom is 0.246 e. The van der Waals surface area contributed by atoms with Crippen molar-refractivity contribution in [3.8, 4) is 5.75 Å². The van der Waals surface area contributed by atoms with Crippen molar-refractivity contribution in [2.24, 2.45) is 7.05 Å². The molecule has 0 saturated carbocycles. The van der Waals surface area contributed by atoms with Crippen LogP contribution < -0.4 is 4.74 Å². The molecule has 0 N–H and O–H groups in total. The van der Waals surface area contributed by atoms with E-state index in [-0.39, 0.29) is 4.90 Å². The minimum atomic E-state index is -3.54. The van der Waals surface area contributed by atoms with Crippen LogP contribution in [-0.2, 0) is 23.6 Å². The van der Waals surface area contributed by atoms with E-state index in [4.69, 9.17) is 4.74 Å². The van der Waals surface area contributed by atoms with Gasteiger partial charge in [-0.15, -0.1) is 0 Å². The van der Waals surface area contributed by atoms with E-state index in [2.05, 4.69) is 5.10 Å². The molecule has 0 spiro atoms. The maximum absolute atomic E-state index is 12.5. The molecular weight excluding hydrogens is 302 g/mol. The predicted molar refractivity (Wildman–Crippen MR) is 84.3 cm³/mol. The summed E-state index contributed by atoms with van der Waals surface area (Å²) in [6, 6.07) is 3.89. The first kappa shape index (κ1) is 16.5. The maximum atomic E-state index is 12.5. The van der Waals surface area contributed by atoms with E-state index in [1.54, 1.807) is 21.2 Å². The summed E-state index contributed by atoms with van der Waals surface area (Å²) in [6.45, 7) is 4.19. The number of methoxy groups -OCH3 is 1. The fraction of sp³-hybridized carbons (Fsp3) is 0.400. The fourth-order valence-electron chi connectivity index (χ4n) is 2.51. The lowest BCUT2D eigenvalue weighted by Crippen LogP contribution is -2.26. The molecule has 2 aromatic rings. The van der Waals surface area contributed by atoms with Crippen LogP contribution in [0.4, 0.5) is 0 Å². The number of aryl methyl sites for hydroxylation is 3. The summed E-state index contributed by atoms with van der Waals surface area (Å²) in [6.07, 6.45) is 2.85. The predicted octanol–water partition coefficient (Wildman–Crippen LogP) is 1.87. The Morgan fingerprint density at radius 2 is 1.86 bits per heavy atom. The van der Waals surface area contributed by atoms with Gasteiger partial charge in [-0.2, -0.15) is 9.40 Å². The van der Waals surface area contributed by atoms with Gasteiger partial charge in [0.1, 0.15) is 10.6 Å². The molecule has 1 heterocycles. The normalized spacial score (nSPS) is 11.9. The van der Waals surface area contributed by atoms with Gasteiger partial charge < -0.3 is 4.74 Å². The van der Waals surface area contributed by atoms with E-state index in [1.807, 2.05) is 26.0 Å². The molecule has 0 amide bonds. The number of sulfonamides is 1. The van der Waals surface area contributed by atoms with Crippen LogP contribution in [0.15, 0.2) is 29.4 Å². The number of benzene rings is 1. The molecule has 0 radical (unpaired) electrons. The summed E-state index contributed by atoms with van der Waals surface area (Å²) in [5.74, 6) is 0.835. The smallest absolute Gasteiger partial charge is 0.246 e. The highest BCUT2D eigenvalue weighted by Crippen LogP contribution is 2.25. The van der Waals surface area contributed by atoms with E-state index in [1.165, 1.54) is 21.4 Å². The second-order valence-corrected chi connectivity index (χ2v) is 7.42. The number of aromatic nitrogens is 2. The zero-order valence-electron chi connectivity index (χ0n) is 13.5. The fourth-order valence-corrected chi connectivity index (χ4v) is 3.65. The van der Waals surface area contributed by atoms with Crippen LogP contribution in [0.25, 0.3) is 0 Å². The molecule has 0 aliphatic carbocycles. The Hall–Kier alpha value is -1.86. The minimum absolute atomic E-state index is 0.194. The Balaban J connectivity index is 2.27. The largest absolute Gasteiger partial charge is 0.496 e. The van der Waals surface area contributed by atoms with Gasteiger partial charge in [-0.25, -0.2) is 8.42 Å². The summed E-state index contributed by atoms with van der Waals surface area (Å²) < 4.78 is 33.1. The second-order valence-electron chi connectivity index (χ2n) is 5.37. The Kier molecular flexibility index (Phi) is 4.58. The lowest BCUT2D eigenvalue weighted by atomic mass is 10.1. The second kappa shape index (κ2) is 6.10. The summed E-state index contributed by atoms with van der Waals surface area (Å²) >= 11 is 0. The Morgan fingerprint density at radius 1 is 1.27 bits per heavy atom. The van der Waals surface area contributed by atoms with Gasteiger partial charge in [0.25, 0.3) is 0 Å². The molecule has 0 aliphatic heterocycles. The molecule has 1 aromatic heterocycles. The SMILES string of the molecule is COc1c(C)cc(CN(C)S(=O)(=O)c2cnn(C)c2)cc1C. The zero-order chi connectivity index (χ0) is 16.5. The van der Waals surface area contributed by atoms with Gasteiger partial charge >= 0.3 is 0 Å². The van der Waals surface area contributed by atoms with Crippen molar-refractivity contribution in [3.05, 3.63) is 41.2 Å². The molecule has 0 fully saturated rings. The first-order valence-electron chi connectivity index (χ1n) is 6.85. The zero-order valence-corrected chi connectivity index (χ0v) is 14.3. The van der Waals surface area contributed by atoms with Crippen LogP contribution in [0.5, 0.6) is 5.75 Å². The lowest BCUT2D eigenvalue weighted by Gasteiger charge is -2.18. The number of hydrogen-bond acceptors (Lipinski definition) is 4. The van der Waals surface area contributed by atoms with Crippen LogP contribution in [0.2, 0.25) is 0 Å². The van der Waals surface area contributed by atoms with Crippen LogP contribution in [-0.4, -0.2) is 36.7 Å². The molecule has 1 aromatic carbocycles. The molecule has 120 valence electrons. The molecule has 2 rings (SSSR count). The van der Waals surface area contributed by atoms with Crippen LogP contribution in [0.3, 0.4) is 0 Å². The Bertz CT molecular complexity index is 758. The number of nitrogens with zero attached hydrogens (tertiary/aromatic N) is 3. The van der Waals surface area contributed by atoms with E-state index in [0.717, 1.165) is 22.4 Å². The lowest BCUT2D eigenvalue weighted by molar-refractivity contribution is 0.407. The topological polar surface area (TPSA) is 64.4 Å². The van der Waals surface area contributed by atoms with Gasteiger partial charge in [0.05, 0.1) is 13.3 Å².